The van der Waals surface area contributed by atoms with E-state index in [4.69, 9.17) is 14.5 Å². The average molecular weight is 413 g/mol. The van der Waals surface area contributed by atoms with Crippen LogP contribution in [0.25, 0.3) is 21.6 Å². The van der Waals surface area contributed by atoms with Gasteiger partial charge in [0.05, 0.1) is 12.0 Å². The number of aromatic nitrogens is 2. The highest BCUT2D eigenvalue weighted by Crippen LogP contribution is 2.34. The Morgan fingerprint density at radius 2 is 1.97 bits per heavy atom. The third-order valence-corrected chi connectivity index (χ3v) is 6.27. The first-order chi connectivity index (χ1) is 14.2. The Hall–Kier alpha value is -2.51. The second-order valence-electron chi connectivity index (χ2n) is 7.00. The SMILES string of the molecule is CCOCCOC(=O)Cn1c(-c2ccccc2)nc2sc3c(c2c1=O)CCCC3. The lowest BCUT2D eigenvalue weighted by molar-refractivity contribution is -0.145. The van der Waals surface area contributed by atoms with E-state index in [1.54, 1.807) is 11.3 Å². The lowest BCUT2D eigenvalue weighted by Crippen LogP contribution is -2.28. The summed E-state index contributed by atoms with van der Waals surface area (Å²) in [7, 11) is 0. The number of esters is 1. The summed E-state index contributed by atoms with van der Waals surface area (Å²) in [6, 6.07) is 9.51. The van der Waals surface area contributed by atoms with E-state index in [1.807, 2.05) is 37.3 Å². The Morgan fingerprint density at radius 1 is 1.17 bits per heavy atom. The highest BCUT2D eigenvalue weighted by atomic mass is 32.1. The molecule has 0 unspecified atom stereocenters. The topological polar surface area (TPSA) is 70.4 Å². The van der Waals surface area contributed by atoms with E-state index >= 15 is 0 Å². The van der Waals surface area contributed by atoms with E-state index in [0.717, 1.165) is 41.6 Å². The van der Waals surface area contributed by atoms with Gasteiger partial charge in [0, 0.05) is 17.0 Å². The molecule has 152 valence electrons. The molecule has 0 fully saturated rings. The molecule has 2 aromatic heterocycles. The summed E-state index contributed by atoms with van der Waals surface area (Å²) >= 11 is 1.61. The van der Waals surface area contributed by atoms with E-state index in [1.165, 1.54) is 9.44 Å². The summed E-state index contributed by atoms with van der Waals surface area (Å²) in [6.45, 7) is 2.81. The maximum atomic E-state index is 13.5. The molecule has 2 heterocycles. The molecule has 7 heteroatoms. The molecule has 6 nitrogen and oxygen atoms in total. The molecular formula is C22H24N2O4S. The monoisotopic (exact) mass is 412 g/mol. The fourth-order valence-corrected chi connectivity index (χ4v) is 4.98. The minimum atomic E-state index is -0.464. The van der Waals surface area contributed by atoms with Gasteiger partial charge in [0.15, 0.2) is 0 Å². The summed E-state index contributed by atoms with van der Waals surface area (Å²) in [5.41, 5.74) is 1.77. The van der Waals surface area contributed by atoms with Crippen LogP contribution in [0.5, 0.6) is 0 Å². The second-order valence-corrected chi connectivity index (χ2v) is 8.08. The van der Waals surface area contributed by atoms with Crippen LogP contribution in [0.15, 0.2) is 35.1 Å². The molecule has 0 atom stereocenters. The number of rotatable bonds is 7. The lowest BCUT2D eigenvalue weighted by Gasteiger charge is -2.14. The average Bonchev–Trinajstić information content (AvgIpc) is 3.12. The summed E-state index contributed by atoms with van der Waals surface area (Å²) in [6.07, 6.45) is 4.12. The maximum Gasteiger partial charge on any atom is 0.326 e. The molecule has 0 N–H and O–H groups in total. The zero-order valence-corrected chi connectivity index (χ0v) is 17.3. The van der Waals surface area contributed by atoms with Crippen LogP contribution in [-0.2, 0) is 33.7 Å². The fraction of sp³-hybridized carbons (Fsp3) is 0.409. The number of fused-ring (bicyclic) bond motifs is 3. The standard InChI is InChI=1S/C22H24N2O4S/c1-2-27-12-13-28-18(25)14-24-20(15-8-4-3-5-9-15)23-21-19(22(24)26)16-10-6-7-11-17(16)29-21/h3-5,8-9H,2,6-7,10-14H2,1H3. The molecule has 0 saturated heterocycles. The largest absolute Gasteiger partial charge is 0.462 e. The van der Waals surface area contributed by atoms with Gasteiger partial charge in [-0.2, -0.15) is 0 Å². The van der Waals surface area contributed by atoms with Crippen molar-refractivity contribution in [2.24, 2.45) is 0 Å². The highest BCUT2D eigenvalue weighted by Gasteiger charge is 2.23. The number of ether oxygens (including phenoxy) is 2. The fourth-order valence-electron chi connectivity index (χ4n) is 3.73. The van der Waals surface area contributed by atoms with Crippen molar-refractivity contribution in [2.75, 3.05) is 19.8 Å². The third-order valence-electron chi connectivity index (χ3n) is 5.09. The molecule has 1 aliphatic carbocycles. The van der Waals surface area contributed by atoms with Gasteiger partial charge < -0.3 is 9.47 Å². The Morgan fingerprint density at radius 3 is 2.76 bits per heavy atom. The van der Waals surface area contributed by atoms with Gasteiger partial charge in [-0.05, 0) is 38.2 Å². The van der Waals surface area contributed by atoms with Gasteiger partial charge in [0.2, 0.25) is 0 Å². The Balaban J connectivity index is 1.76. The molecule has 0 saturated carbocycles. The molecule has 29 heavy (non-hydrogen) atoms. The summed E-state index contributed by atoms with van der Waals surface area (Å²) in [5.74, 6) is 0.0395. The highest BCUT2D eigenvalue weighted by molar-refractivity contribution is 7.18. The Labute approximate surface area is 173 Å². The number of hydrogen-bond acceptors (Lipinski definition) is 6. The predicted octanol–water partition coefficient (Wildman–Crippen LogP) is 3.58. The van der Waals surface area contributed by atoms with Crippen LogP contribution in [0.3, 0.4) is 0 Å². The van der Waals surface area contributed by atoms with Gasteiger partial charge in [0.25, 0.3) is 5.56 Å². The van der Waals surface area contributed by atoms with Crippen molar-refractivity contribution in [1.82, 2.24) is 9.55 Å². The minimum absolute atomic E-state index is 0.157. The van der Waals surface area contributed by atoms with E-state index in [0.29, 0.717) is 24.4 Å². The van der Waals surface area contributed by atoms with Crippen LogP contribution in [0, 0.1) is 0 Å². The molecule has 0 spiro atoms. The minimum Gasteiger partial charge on any atom is -0.462 e. The quantitative estimate of drug-likeness (QED) is 0.438. The van der Waals surface area contributed by atoms with Crippen molar-refractivity contribution in [2.45, 2.75) is 39.2 Å². The molecule has 1 aliphatic rings. The molecule has 0 aliphatic heterocycles. The normalized spacial score (nSPS) is 13.4. The second kappa shape index (κ2) is 8.88. The van der Waals surface area contributed by atoms with Crippen molar-refractivity contribution < 1.29 is 14.3 Å². The van der Waals surface area contributed by atoms with Gasteiger partial charge in [-0.3, -0.25) is 14.2 Å². The molecule has 3 aromatic rings. The van der Waals surface area contributed by atoms with Crippen LogP contribution in [-0.4, -0.2) is 35.3 Å². The lowest BCUT2D eigenvalue weighted by atomic mass is 9.97. The van der Waals surface area contributed by atoms with Crippen LogP contribution < -0.4 is 5.56 Å². The van der Waals surface area contributed by atoms with Crippen molar-refractivity contribution in [3.63, 3.8) is 0 Å². The smallest absolute Gasteiger partial charge is 0.326 e. The van der Waals surface area contributed by atoms with Crippen molar-refractivity contribution in [3.8, 4) is 11.4 Å². The number of carbonyl (C=O) groups excluding carboxylic acids is 1. The first-order valence-corrected chi connectivity index (χ1v) is 10.8. The summed E-state index contributed by atoms with van der Waals surface area (Å²) in [4.78, 5) is 32.7. The van der Waals surface area contributed by atoms with Crippen LogP contribution in [0.2, 0.25) is 0 Å². The van der Waals surface area contributed by atoms with Crippen LogP contribution in [0.4, 0.5) is 0 Å². The van der Waals surface area contributed by atoms with Crippen molar-refractivity contribution in [1.29, 1.82) is 0 Å². The number of nitrogens with zero attached hydrogens (tertiary/aromatic N) is 2. The first-order valence-electron chi connectivity index (χ1n) is 10.0. The van der Waals surface area contributed by atoms with E-state index in [9.17, 15) is 9.59 Å². The molecular weight excluding hydrogens is 388 g/mol. The van der Waals surface area contributed by atoms with Crippen molar-refractivity contribution in [3.05, 3.63) is 51.1 Å². The van der Waals surface area contributed by atoms with Crippen molar-refractivity contribution >= 4 is 27.5 Å². The van der Waals surface area contributed by atoms with E-state index < -0.39 is 5.97 Å². The summed E-state index contributed by atoms with van der Waals surface area (Å²) in [5, 5.41) is 0.673. The van der Waals surface area contributed by atoms with Gasteiger partial charge in [-0.25, -0.2) is 4.98 Å². The van der Waals surface area contributed by atoms with E-state index in [2.05, 4.69) is 0 Å². The number of aryl methyl sites for hydroxylation is 2. The third kappa shape index (κ3) is 4.11. The maximum absolute atomic E-state index is 13.5. The van der Waals surface area contributed by atoms with E-state index in [-0.39, 0.29) is 18.7 Å². The molecule has 4 rings (SSSR count). The van der Waals surface area contributed by atoms with Gasteiger partial charge >= 0.3 is 5.97 Å². The number of hydrogen-bond donors (Lipinski definition) is 0. The first kappa shape index (κ1) is 19.8. The zero-order valence-electron chi connectivity index (χ0n) is 16.5. The Bertz CT molecular complexity index is 1070. The summed E-state index contributed by atoms with van der Waals surface area (Å²) < 4.78 is 11.9. The molecule has 0 radical (unpaired) electrons. The number of thiophene rings is 1. The molecule has 1 aromatic carbocycles. The van der Waals surface area contributed by atoms with Crippen LogP contribution in [0.1, 0.15) is 30.2 Å². The van der Waals surface area contributed by atoms with Gasteiger partial charge in [-0.1, -0.05) is 30.3 Å². The molecule has 0 bridgehead atoms. The van der Waals surface area contributed by atoms with Gasteiger partial charge in [0.1, 0.15) is 23.8 Å². The van der Waals surface area contributed by atoms with Crippen LogP contribution >= 0.6 is 11.3 Å². The van der Waals surface area contributed by atoms with Gasteiger partial charge in [-0.15, -0.1) is 11.3 Å². The number of benzene rings is 1. The Kier molecular flexibility index (Phi) is 6.06. The zero-order chi connectivity index (χ0) is 20.2. The number of carbonyl (C=O) groups is 1. The molecule has 0 amide bonds. The predicted molar refractivity (Wildman–Crippen MR) is 113 cm³/mol.